The van der Waals surface area contributed by atoms with Crippen molar-refractivity contribution in [2.45, 2.75) is 20.3 Å². The van der Waals surface area contributed by atoms with Gasteiger partial charge in [0.25, 0.3) is 5.91 Å². The standard InChI is InChI=1S/C13H16ClN5O2/c1-3-15-11-6-9(10(14)7-17-11)13(20)16-5-4-12-18-8(2)19-21-12/h6-7H,3-5H2,1-2H3,(H,15,17)(H,16,20). The second-order valence-corrected chi connectivity index (χ2v) is 4.73. The first-order chi connectivity index (χ1) is 10.1. The molecule has 7 nitrogen and oxygen atoms in total. The Balaban J connectivity index is 1.94. The molecule has 2 rings (SSSR count). The number of halogens is 1. The molecule has 0 aliphatic rings. The Morgan fingerprint density at radius 3 is 2.95 bits per heavy atom. The molecular formula is C13H16ClN5O2. The van der Waals surface area contributed by atoms with Crippen molar-refractivity contribution < 1.29 is 9.32 Å². The molecule has 2 aromatic rings. The van der Waals surface area contributed by atoms with Crippen molar-refractivity contribution in [1.29, 1.82) is 0 Å². The highest BCUT2D eigenvalue weighted by molar-refractivity contribution is 6.33. The smallest absolute Gasteiger partial charge is 0.253 e. The van der Waals surface area contributed by atoms with Gasteiger partial charge >= 0.3 is 0 Å². The largest absolute Gasteiger partial charge is 0.370 e. The molecule has 0 fully saturated rings. The number of rotatable bonds is 6. The molecular weight excluding hydrogens is 294 g/mol. The van der Waals surface area contributed by atoms with Gasteiger partial charge in [-0.2, -0.15) is 4.98 Å². The van der Waals surface area contributed by atoms with Crippen LogP contribution >= 0.6 is 11.6 Å². The van der Waals surface area contributed by atoms with Crippen LogP contribution < -0.4 is 10.6 Å². The van der Waals surface area contributed by atoms with Gasteiger partial charge < -0.3 is 15.2 Å². The fraction of sp³-hybridized carbons (Fsp3) is 0.385. The summed E-state index contributed by atoms with van der Waals surface area (Å²) in [7, 11) is 0. The van der Waals surface area contributed by atoms with E-state index in [1.165, 1.54) is 6.20 Å². The minimum Gasteiger partial charge on any atom is -0.370 e. The molecule has 2 heterocycles. The molecule has 0 aromatic carbocycles. The molecule has 0 aliphatic heterocycles. The molecule has 2 N–H and O–H groups in total. The summed E-state index contributed by atoms with van der Waals surface area (Å²) in [4.78, 5) is 20.2. The van der Waals surface area contributed by atoms with E-state index in [2.05, 4.69) is 25.8 Å². The first-order valence-corrected chi connectivity index (χ1v) is 6.94. The number of nitrogens with zero attached hydrogens (tertiary/aromatic N) is 3. The Morgan fingerprint density at radius 1 is 1.48 bits per heavy atom. The summed E-state index contributed by atoms with van der Waals surface area (Å²) in [6.07, 6.45) is 1.92. The van der Waals surface area contributed by atoms with E-state index < -0.39 is 0 Å². The lowest BCUT2D eigenvalue weighted by molar-refractivity contribution is 0.0953. The number of nitrogens with one attached hydrogen (secondary N) is 2. The molecule has 0 aliphatic carbocycles. The summed E-state index contributed by atoms with van der Waals surface area (Å²) in [5, 5.41) is 9.78. The number of hydrogen-bond donors (Lipinski definition) is 2. The first-order valence-electron chi connectivity index (χ1n) is 6.57. The van der Waals surface area contributed by atoms with Crippen LogP contribution in [0.2, 0.25) is 5.02 Å². The van der Waals surface area contributed by atoms with Crippen LogP contribution in [-0.4, -0.2) is 34.1 Å². The highest BCUT2D eigenvalue weighted by atomic mass is 35.5. The van der Waals surface area contributed by atoms with Crippen LogP contribution in [-0.2, 0) is 6.42 Å². The molecule has 2 aromatic heterocycles. The van der Waals surface area contributed by atoms with Gasteiger partial charge in [0, 0.05) is 25.7 Å². The highest BCUT2D eigenvalue weighted by Crippen LogP contribution is 2.17. The monoisotopic (exact) mass is 309 g/mol. The third-order valence-electron chi connectivity index (χ3n) is 2.65. The number of amides is 1. The predicted molar refractivity (Wildman–Crippen MR) is 78.5 cm³/mol. The zero-order valence-corrected chi connectivity index (χ0v) is 12.6. The normalized spacial score (nSPS) is 10.4. The van der Waals surface area contributed by atoms with Crippen LogP contribution in [0.25, 0.3) is 0 Å². The lowest BCUT2D eigenvalue weighted by atomic mass is 10.2. The maximum absolute atomic E-state index is 12.1. The van der Waals surface area contributed by atoms with E-state index in [0.717, 1.165) is 0 Å². The average molecular weight is 310 g/mol. The van der Waals surface area contributed by atoms with Crippen molar-refractivity contribution in [2.75, 3.05) is 18.4 Å². The fourth-order valence-electron chi connectivity index (χ4n) is 1.71. The second kappa shape index (κ2) is 7.03. The summed E-state index contributed by atoms with van der Waals surface area (Å²) < 4.78 is 4.97. The molecule has 8 heteroatoms. The summed E-state index contributed by atoms with van der Waals surface area (Å²) in [5.74, 6) is 1.41. The van der Waals surface area contributed by atoms with E-state index in [0.29, 0.717) is 47.6 Å². The van der Waals surface area contributed by atoms with Gasteiger partial charge in [-0.3, -0.25) is 4.79 Å². The lowest BCUT2D eigenvalue weighted by Crippen LogP contribution is -2.26. The molecule has 0 radical (unpaired) electrons. The number of hydrogen-bond acceptors (Lipinski definition) is 6. The minimum absolute atomic E-state index is 0.266. The maximum Gasteiger partial charge on any atom is 0.253 e. The molecule has 21 heavy (non-hydrogen) atoms. The average Bonchev–Trinajstić information content (AvgIpc) is 2.87. The van der Waals surface area contributed by atoms with Crippen LogP contribution in [0.1, 0.15) is 29.0 Å². The number of aryl methyl sites for hydroxylation is 1. The van der Waals surface area contributed by atoms with Crippen molar-refractivity contribution in [1.82, 2.24) is 20.4 Å². The predicted octanol–water partition coefficient (Wildman–Crippen LogP) is 1.83. The van der Waals surface area contributed by atoms with Crippen molar-refractivity contribution in [3.8, 4) is 0 Å². The summed E-state index contributed by atoms with van der Waals surface area (Å²) in [6.45, 7) is 4.79. The minimum atomic E-state index is -0.266. The first kappa shape index (κ1) is 15.2. The third kappa shape index (κ3) is 4.16. The van der Waals surface area contributed by atoms with Gasteiger partial charge in [-0.15, -0.1) is 0 Å². The molecule has 0 saturated carbocycles. The Kier molecular flexibility index (Phi) is 5.10. The van der Waals surface area contributed by atoms with Crippen molar-refractivity contribution in [2.24, 2.45) is 0 Å². The van der Waals surface area contributed by atoms with E-state index in [1.807, 2.05) is 6.92 Å². The van der Waals surface area contributed by atoms with E-state index in [9.17, 15) is 4.79 Å². The van der Waals surface area contributed by atoms with Gasteiger partial charge in [-0.25, -0.2) is 4.98 Å². The third-order valence-corrected chi connectivity index (χ3v) is 2.95. The van der Waals surface area contributed by atoms with E-state index in [-0.39, 0.29) is 5.91 Å². The zero-order valence-electron chi connectivity index (χ0n) is 11.8. The molecule has 0 atom stereocenters. The molecule has 0 unspecified atom stereocenters. The molecule has 1 amide bonds. The summed E-state index contributed by atoms with van der Waals surface area (Å²) >= 11 is 6.00. The number of carbonyl (C=O) groups excluding carboxylic acids is 1. The van der Waals surface area contributed by atoms with Crippen LogP contribution in [0.4, 0.5) is 5.82 Å². The van der Waals surface area contributed by atoms with Crippen LogP contribution in [0, 0.1) is 6.92 Å². The number of pyridine rings is 1. The van der Waals surface area contributed by atoms with Crippen LogP contribution in [0.5, 0.6) is 0 Å². The van der Waals surface area contributed by atoms with Crippen molar-refractivity contribution in [3.05, 3.63) is 34.6 Å². The SMILES string of the molecule is CCNc1cc(C(=O)NCCc2nc(C)no2)c(Cl)cn1. The molecule has 112 valence electrons. The van der Waals surface area contributed by atoms with Crippen LogP contribution in [0.15, 0.2) is 16.8 Å². The quantitative estimate of drug-likeness (QED) is 0.845. The maximum atomic E-state index is 12.1. The van der Waals surface area contributed by atoms with Gasteiger partial charge in [-0.05, 0) is 19.9 Å². The molecule has 0 spiro atoms. The van der Waals surface area contributed by atoms with Crippen molar-refractivity contribution in [3.63, 3.8) is 0 Å². The Hall–Kier alpha value is -2.15. The van der Waals surface area contributed by atoms with Crippen LogP contribution in [0.3, 0.4) is 0 Å². The molecule has 0 bridgehead atoms. The number of aromatic nitrogens is 3. The van der Waals surface area contributed by atoms with E-state index >= 15 is 0 Å². The number of anilines is 1. The van der Waals surface area contributed by atoms with Gasteiger partial charge in [0.2, 0.25) is 5.89 Å². The summed E-state index contributed by atoms with van der Waals surface area (Å²) in [6, 6.07) is 1.62. The Morgan fingerprint density at radius 2 is 2.29 bits per heavy atom. The van der Waals surface area contributed by atoms with E-state index in [4.69, 9.17) is 16.1 Å². The fourth-order valence-corrected chi connectivity index (χ4v) is 1.90. The topological polar surface area (TPSA) is 92.9 Å². The van der Waals surface area contributed by atoms with Gasteiger partial charge in [0.05, 0.1) is 10.6 Å². The Labute approximate surface area is 127 Å². The van der Waals surface area contributed by atoms with Gasteiger partial charge in [0.15, 0.2) is 5.82 Å². The second-order valence-electron chi connectivity index (χ2n) is 4.32. The Bertz CT molecular complexity index is 629. The van der Waals surface area contributed by atoms with Gasteiger partial charge in [-0.1, -0.05) is 16.8 Å². The van der Waals surface area contributed by atoms with E-state index in [1.54, 1.807) is 13.0 Å². The summed E-state index contributed by atoms with van der Waals surface area (Å²) in [5.41, 5.74) is 0.379. The van der Waals surface area contributed by atoms with Gasteiger partial charge in [0.1, 0.15) is 5.82 Å². The lowest BCUT2D eigenvalue weighted by Gasteiger charge is -2.08. The highest BCUT2D eigenvalue weighted by Gasteiger charge is 2.12. The molecule has 0 saturated heterocycles. The van der Waals surface area contributed by atoms with Crippen molar-refractivity contribution >= 4 is 23.3 Å². The number of carbonyl (C=O) groups is 1. The zero-order chi connectivity index (χ0) is 15.2.